The first-order valence-electron chi connectivity index (χ1n) is 5.27. The number of nitrogens with two attached hydrogens (primary N) is 1. The summed E-state index contributed by atoms with van der Waals surface area (Å²) < 4.78 is 0. The average molecular weight is 190 g/mol. The summed E-state index contributed by atoms with van der Waals surface area (Å²) in [6.45, 7) is 4.56. The molecule has 0 spiro atoms. The molecule has 1 unspecified atom stereocenters. The van der Waals surface area contributed by atoms with E-state index in [9.17, 15) is 0 Å². The molecule has 1 saturated heterocycles. The Morgan fingerprint density at radius 3 is 2.57 bits per heavy atom. The largest absolute Gasteiger partial charge is 0.399 e. The lowest BCUT2D eigenvalue weighted by Crippen LogP contribution is -2.41. The van der Waals surface area contributed by atoms with E-state index in [1.165, 1.54) is 18.4 Å². The van der Waals surface area contributed by atoms with Crippen molar-refractivity contribution >= 4 is 5.69 Å². The molecule has 0 bridgehead atoms. The molecule has 1 atom stereocenters. The minimum atomic E-state index is 0.298. The maximum atomic E-state index is 5.68. The van der Waals surface area contributed by atoms with Gasteiger partial charge >= 0.3 is 0 Å². The molecule has 2 heteroatoms. The van der Waals surface area contributed by atoms with Crippen LogP contribution >= 0.6 is 0 Å². The summed E-state index contributed by atoms with van der Waals surface area (Å²) in [5, 5.41) is 3.46. The lowest BCUT2D eigenvalue weighted by Gasteiger charge is -2.34. The van der Waals surface area contributed by atoms with Crippen molar-refractivity contribution in [3.63, 3.8) is 0 Å². The summed E-state index contributed by atoms with van der Waals surface area (Å²) in [7, 11) is 0. The monoisotopic (exact) mass is 190 g/mol. The van der Waals surface area contributed by atoms with Crippen LogP contribution in [-0.4, -0.2) is 13.1 Å². The Labute approximate surface area is 85.5 Å². The van der Waals surface area contributed by atoms with Crippen LogP contribution < -0.4 is 11.1 Å². The van der Waals surface area contributed by atoms with E-state index in [-0.39, 0.29) is 0 Å². The summed E-state index contributed by atoms with van der Waals surface area (Å²) in [4.78, 5) is 0. The van der Waals surface area contributed by atoms with Crippen LogP contribution in [0.1, 0.15) is 25.3 Å². The van der Waals surface area contributed by atoms with Gasteiger partial charge in [0.05, 0.1) is 0 Å². The Balaban J connectivity index is 2.23. The topological polar surface area (TPSA) is 38.0 Å². The van der Waals surface area contributed by atoms with E-state index < -0.39 is 0 Å². The van der Waals surface area contributed by atoms with Gasteiger partial charge in [-0.3, -0.25) is 0 Å². The van der Waals surface area contributed by atoms with E-state index in [1.807, 2.05) is 12.1 Å². The fourth-order valence-electron chi connectivity index (χ4n) is 2.19. The molecule has 1 aliphatic heterocycles. The van der Waals surface area contributed by atoms with Gasteiger partial charge in [-0.2, -0.15) is 0 Å². The van der Waals surface area contributed by atoms with Crippen LogP contribution in [0.3, 0.4) is 0 Å². The van der Waals surface area contributed by atoms with E-state index in [0.29, 0.717) is 5.41 Å². The number of nitrogens with one attached hydrogen (secondary N) is 1. The number of rotatable bonds is 1. The summed E-state index contributed by atoms with van der Waals surface area (Å²) >= 11 is 0. The number of hydrogen-bond donors (Lipinski definition) is 2. The lowest BCUT2D eigenvalue weighted by atomic mass is 9.76. The van der Waals surface area contributed by atoms with Gasteiger partial charge in [-0.1, -0.05) is 19.1 Å². The van der Waals surface area contributed by atoms with Gasteiger partial charge in [-0.25, -0.2) is 0 Å². The third kappa shape index (κ3) is 1.75. The molecule has 1 heterocycles. The lowest BCUT2D eigenvalue weighted by molar-refractivity contribution is 0.339. The van der Waals surface area contributed by atoms with E-state index in [4.69, 9.17) is 5.73 Å². The van der Waals surface area contributed by atoms with Gasteiger partial charge in [0.15, 0.2) is 0 Å². The summed E-state index contributed by atoms with van der Waals surface area (Å²) in [6.07, 6.45) is 2.53. The molecule has 2 nitrogen and oxygen atoms in total. The fraction of sp³-hybridized carbons (Fsp3) is 0.500. The highest BCUT2D eigenvalue weighted by atomic mass is 14.9. The maximum absolute atomic E-state index is 5.68. The first-order valence-corrected chi connectivity index (χ1v) is 5.27. The van der Waals surface area contributed by atoms with Crippen LogP contribution in [0, 0.1) is 0 Å². The van der Waals surface area contributed by atoms with Crippen LogP contribution in [0.4, 0.5) is 5.69 Å². The van der Waals surface area contributed by atoms with Crippen molar-refractivity contribution < 1.29 is 0 Å². The van der Waals surface area contributed by atoms with Gasteiger partial charge in [-0.15, -0.1) is 0 Å². The number of benzene rings is 1. The molecule has 2 rings (SSSR count). The zero-order valence-corrected chi connectivity index (χ0v) is 8.72. The second kappa shape index (κ2) is 3.62. The third-order valence-corrected chi connectivity index (χ3v) is 3.20. The molecule has 0 saturated carbocycles. The summed E-state index contributed by atoms with van der Waals surface area (Å²) in [5.41, 5.74) is 8.23. The van der Waals surface area contributed by atoms with Crippen molar-refractivity contribution in [2.75, 3.05) is 18.8 Å². The Hall–Kier alpha value is -1.02. The Morgan fingerprint density at radius 2 is 2.00 bits per heavy atom. The smallest absolute Gasteiger partial charge is 0.0314 e. The van der Waals surface area contributed by atoms with Crippen LogP contribution in [0.5, 0.6) is 0 Å². The minimum absolute atomic E-state index is 0.298. The predicted molar refractivity (Wildman–Crippen MR) is 60.3 cm³/mol. The first kappa shape index (κ1) is 9.53. The normalized spacial score (nSPS) is 27.5. The zero-order chi connectivity index (χ0) is 10.0. The molecule has 1 aromatic carbocycles. The number of hydrogen-bond acceptors (Lipinski definition) is 2. The fourth-order valence-corrected chi connectivity index (χ4v) is 2.19. The van der Waals surface area contributed by atoms with E-state index >= 15 is 0 Å². The Morgan fingerprint density at radius 1 is 1.29 bits per heavy atom. The number of piperidine rings is 1. The second-order valence-electron chi connectivity index (χ2n) is 4.46. The molecule has 1 aliphatic rings. The second-order valence-corrected chi connectivity index (χ2v) is 4.46. The highest BCUT2D eigenvalue weighted by molar-refractivity contribution is 5.41. The molecule has 14 heavy (non-hydrogen) atoms. The predicted octanol–water partition coefficient (Wildman–Crippen LogP) is 1.91. The van der Waals surface area contributed by atoms with Gasteiger partial charge in [0.2, 0.25) is 0 Å². The van der Waals surface area contributed by atoms with Gasteiger partial charge in [0.1, 0.15) is 0 Å². The maximum Gasteiger partial charge on any atom is 0.0314 e. The Bertz CT molecular complexity index is 297. The molecule has 1 fully saturated rings. The molecule has 0 radical (unpaired) electrons. The SMILES string of the molecule is CC1(c2ccc(N)cc2)CCCNC1. The molecule has 0 amide bonds. The van der Waals surface area contributed by atoms with Gasteiger partial charge in [0.25, 0.3) is 0 Å². The first-order chi connectivity index (χ1) is 6.71. The van der Waals surface area contributed by atoms with E-state index in [0.717, 1.165) is 18.8 Å². The van der Waals surface area contributed by atoms with Crippen molar-refractivity contribution in [1.82, 2.24) is 5.32 Å². The quantitative estimate of drug-likeness (QED) is 0.664. The molecule has 76 valence electrons. The molecule has 0 aliphatic carbocycles. The van der Waals surface area contributed by atoms with Crippen molar-refractivity contribution in [2.45, 2.75) is 25.2 Å². The summed E-state index contributed by atoms with van der Waals surface area (Å²) in [5.74, 6) is 0. The van der Waals surface area contributed by atoms with Crippen molar-refractivity contribution in [2.24, 2.45) is 0 Å². The van der Waals surface area contributed by atoms with Gasteiger partial charge in [0, 0.05) is 17.6 Å². The highest BCUT2D eigenvalue weighted by Gasteiger charge is 2.28. The Kier molecular flexibility index (Phi) is 2.46. The zero-order valence-electron chi connectivity index (χ0n) is 8.72. The van der Waals surface area contributed by atoms with Crippen LogP contribution in [-0.2, 0) is 5.41 Å². The average Bonchev–Trinajstić information content (AvgIpc) is 2.19. The standard InChI is InChI=1S/C12H18N2/c1-12(7-2-8-14-9-12)10-3-5-11(13)6-4-10/h3-6,14H,2,7-9,13H2,1H3. The van der Waals surface area contributed by atoms with Crippen molar-refractivity contribution in [3.05, 3.63) is 29.8 Å². The van der Waals surface area contributed by atoms with Crippen LogP contribution in [0.2, 0.25) is 0 Å². The van der Waals surface area contributed by atoms with Crippen LogP contribution in [0.15, 0.2) is 24.3 Å². The highest BCUT2D eigenvalue weighted by Crippen LogP contribution is 2.30. The van der Waals surface area contributed by atoms with E-state index in [2.05, 4.69) is 24.4 Å². The number of nitrogen functional groups attached to an aromatic ring is 1. The van der Waals surface area contributed by atoms with Crippen molar-refractivity contribution in [3.8, 4) is 0 Å². The molecular weight excluding hydrogens is 172 g/mol. The van der Waals surface area contributed by atoms with Gasteiger partial charge in [-0.05, 0) is 37.1 Å². The van der Waals surface area contributed by atoms with Crippen LogP contribution in [0.25, 0.3) is 0 Å². The van der Waals surface area contributed by atoms with E-state index in [1.54, 1.807) is 0 Å². The summed E-state index contributed by atoms with van der Waals surface area (Å²) in [6, 6.07) is 8.30. The molecule has 0 aromatic heterocycles. The third-order valence-electron chi connectivity index (χ3n) is 3.20. The van der Waals surface area contributed by atoms with Gasteiger partial charge < -0.3 is 11.1 Å². The van der Waals surface area contributed by atoms with Crippen molar-refractivity contribution in [1.29, 1.82) is 0 Å². The molecular formula is C12H18N2. The number of anilines is 1. The molecule has 3 N–H and O–H groups in total. The minimum Gasteiger partial charge on any atom is -0.399 e. The molecule has 1 aromatic rings.